The number of anilines is 1. The van der Waals surface area contributed by atoms with Crippen molar-refractivity contribution in [2.24, 2.45) is 0 Å². The molecule has 0 aliphatic rings. The molecule has 2 aromatic rings. The van der Waals surface area contributed by atoms with Crippen molar-refractivity contribution in [2.75, 3.05) is 5.32 Å². The van der Waals surface area contributed by atoms with Gasteiger partial charge in [-0.05, 0) is 34.1 Å². The number of carboxylic acid groups (broad SMARTS) is 1. The Labute approximate surface area is 133 Å². The van der Waals surface area contributed by atoms with Crippen LogP contribution in [-0.4, -0.2) is 31.9 Å². The largest absolute Gasteiger partial charge is 0.479 e. The van der Waals surface area contributed by atoms with Crippen LogP contribution in [0.4, 0.5) is 5.69 Å². The van der Waals surface area contributed by atoms with E-state index in [2.05, 4.69) is 15.6 Å². The summed E-state index contributed by atoms with van der Waals surface area (Å²) in [5, 5.41) is 19.7. The van der Waals surface area contributed by atoms with Crippen LogP contribution >= 0.6 is 0 Å². The number of hydrogen-bond donors (Lipinski definition) is 2. The zero-order valence-corrected chi connectivity index (χ0v) is 13.6. The second-order valence-corrected chi connectivity index (χ2v) is 5.89. The molecule has 124 valence electrons. The number of aromatic nitrogens is 3. The van der Waals surface area contributed by atoms with E-state index in [1.165, 1.54) is 30.9 Å². The molecule has 2 aromatic heterocycles. The van der Waals surface area contributed by atoms with E-state index in [-0.39, 0.29) is 12.3 Å². The molecule has 1 amide bonds. The van der Waals surface area contributed by atoms with Gasteiger partial charge in [-0.15, -0.1) is 0 Å². The second-order valence-electron chi connectivity index (χ2n) is 5.89. The van der Waals surface area contributed by atoms with Crippen LogP contribution in [-0.2, 0) is 21.5 Å². The number of carbonyl (C=O) groups excluding carboxylic acids is 1. The number of nitrogens with zero attached hydrogens (tertiary/aromatic N) is 3. The Balaban J connectivity index is 1.96. The number of carbonyl (C=O) groups is 2. The van der Waals surface area contributed by atoms with Gasteiger partial charge in [0.1, 0.15) is 5.76 Å². The van der Waals surface area contributed by atoms with Gasteiger partial charge in [0, 0.05) is 18.2 Å². The van der Waals surface area contributed by atoms with E-state index in [0.29, 0.717) is 17.9 Å². The van der Waals surface area contributed by atoms with E-state index in [4.69, 9.17) is 9.63 Å². The zero-order valence-electron chi connectivity index (χ0n) is 13.6. The Bertz CT molecular complexity index is 710. The van der Waals surface area contributed by atoms with Gasteiger partial charge in [-0.2, -0.15) is 5.10 Å². The molecule has 2 heterocycles. The summed E-state index contributed by atoms with van der Waals surface area (Å²) < 4.78 is 6.36. The maximum atomic E-state index is 12.0. The molecule has 0 aliphatic heterocycles. The maximum Gasteiger partial charge on any atom is 0.331 e. The number of rotatable bonds is 6. The smallest absolute Gasteiger partial charge is 0.331 e. The predicted octanol–water partition coefficient (Wildman–Crippen LogP) is 1.88. The highest BCUT2D eigenvalue weighted by molar-refractivity contribution is 5.90. The Morgan fingerprint density at radius 3 is 2.65 bits per heavy atom. The van der Waals surface area contributed by atoms with Crippen molar-refractivity contribution < 1.29 is 19.2 Å². The van der Waals surface area contributed by atoms with Crippen LogP contribution in [0.5, 0.6) is 0 Å². The Kier molecular flexibility index (Phi) is 4.53. The molecule has 8 nitrogen and oxygen atoms in total. The van der Waals surface area contributed by atoms with Crippen molar-refractivity contribution in [3.63, 3.8) is 0 Å². The van der Waals surface area contributed by atoms with Crippen molar-refractivity contribution in [2.45, 2.75) is 46.1 Å². The summed E-state index contributed by atoms with van der Waals surface area (Å²) >= 11 is 0. The van der Waals surface area contributed by atoms with Gasteiger partial charge in [-0.3, -0.25) is 9.48 Å². The Morgan fingerprint density at radius 2 is 2.09 bits per heavy atom. The second kappa shape index (κ2) is 6.23. The van der Waals surface area contributed by atoms with Gasteiger partial charge >= 0.3 is 5.97 Å². The lowest BCUT2D eigenvalue weighted by atomic mass is 10.1. The number of nitrogens with one attached hydrogen (secondary N) is 1. The lowest BCUT2D eigenvalue weighted by molar-refractivity contribution is -0.146. The molecule has 0 spiro atoms. The van der Waals surface area contributed by atoms with Crippen LogP contribution in [0.15, 0.2) is 16.9 Å². The monoisotopic (exact) mass is 320 g/mol. The topological polar surface area (TPSA) is 110 Å². The van der Waals surface area contributed by atoms with E-state index in [9.17, 15) is 9.59 Å². The summed E-state index contributed by atoms with van der Waals surface area (Å²) in [6.45, 7) is 6.71. The van der Waals surface area contributed by atoms with Crippen molar-refractivity contribution in [1.29, 1.82) is 0 Å². The van der Waals surface area contributed by atoms with Crippen LogP contribution in [0, 0.1) is 13.8 Å². The number of hydrogen-bond acceptors (Lipinski definition) is 5. The molecule has 2 N–H and O–H groups in total. The highest BCUT2D eigenvalue weighted by Crippen LogP contribution is 2.18. The van der Waals surface area contributed by atoms with Crippen molar-refractivity contribution >= 4 is 17.6 Å². The van der Waals surface area contributed by atoms with Gasteiger partial charge in [0.2, 0.25) is 5.91 Å². The first-order valence-corrected chi connectivity index (χ1v) is 7.22. The van der Waals surface area contributed by atoms with E-state index in [1.807, 2.05) is 13.8 Å². The maximum absolute atomic E-state index is 12.0. The molecule has 0 atom stereocenters. The lowest BCUT2D eigenvalue weighted by Crippen LogP contribution is -2.35. The highest BCUT2D eigenvalue weighted by Gasteiger charge is 2.30. The molecular weight excluding hydrogens is 300 g/mol. The summed E-state index contributed by atoms with van der Waals surface area (Å²) in [6, 6.07) is 0. The summed E-state index contributed by atoms with van der Waals surface area (Å²) in [5.41, 5.74) is 0.997. The molecule has 0 aliphatic carbocycles. The molecule has 0 unspecified atom stereocenters. The standard InChI is InChI=1S/C15H20N4O4/c1-9-12(10(2)23-18-9)5-6-13(20)17-11-7-16-19(8-11)15(3,4)14(21)22/h7-8H,5-6H2,1-4H3,(H,17,20)(H,21,22). The van der Waals surface area contributed by atoms with Gasteiger partial charge in [0.05, 0.1) is 17.6 Å². The Hall–Kier alpha value is -2.64. The minimum absolute atomic E-state index is 0.183. The normalized spacial score (nSPS) is 11.5. The number of amides is 1. The summed E-state index contributed by atoms with van der Waals surface area (Å²) in [6.07, 6.45) is 3.73. The van der Waals surface area contributed by atoms with Gasteiger partial charge in [-0.25, -0.2) is 4.79 Å². The van der Waals surface area contributed by atoms with Crippen LogP contribution < -0.4 is 5.32 Å². The Morgan fingerprint density at radius 1 is 1.39 bits per heavy atom. The average molecular weight is 320 g/mol. The van der Waals surface area contributed by atoms with Gasteiger partial charge < -0.3 is 14.9 Å². The molecule has 0 fully saturated rings. The quantitative estimate of drug-likeness (QED) is 0.841. The van der Waals surface area contributed by atoms with Crippen molar-refractivity contribution in [3.8, 4) is 0 Å². The fraction of sp³-hybridized carbons (Fsp3) is 0.467. The third-order valence-corrected chi connectivity index (χ3v) is 3.75. The lowest BCUT2D eigenvalue weighted by Gasteiger charge is -2.19. The minimum Gasteiger partial charge on any atom is -0.479 e. The molecule has 0 bridgehead atoms. The van der Waals surface area contributed by atoms with Crippen LogP contribution in [0.1, 0.15) is 37.3 Å². The summed E-state index contributed by atoms with van der Waals surface area (Å²) in [7, 11) is 0. The SMILES string of the molecule is Cc1noc(C)c1CCC(=O)Nc1cnn(C(C)(C)C(=O)O)c1. The van der Waals surface area contributed by atoms with Gasteiger partial charge in [-0.1, -0.05) is 5.16 Å². The molecule has 0 saturated heterocycles. The summed E-state index contributed by atoms with van der Waals surface area (Å²) in [5.74, 6) is -0.471. The fourth-order valence-corrected chi connectivity index (χ4v) is 2.11. The molecule has 0 radical (unpaired) electrons. The molecular formula is C15H20N4O4. The first-order chi connectivity index (χ1) is 10.7. The third kappa shape index (κ3) is 3.58. The van der Waals surface area contributed by atoms with E-state index in [0.717, 1.165) is 11.3 Å². The van der Waals surface area contributed by atoms with Crippen molar-refractivity contribution in [3.05, 3.63) is 29.4 Å². The van der Waals surface area contributed by atoms with Crippen LogP contribution in [0.25, 0.3) is 0 Å². The van der Waals surface area contributed by atoms with Gasteiger partial charge in [0.25, 0.3) is 0 Å². The number of aliphatic carboxylic acids is 1. The van der Waals surface area contributed by atoms with E-state index < -0.39 is 11.5 Å². The molecule has 0 aromatic carbocycles. The van der Waals surface area contributed by atoms with Crippen LogP contribution in [0.3, 0.4) is 0 Å². The zero-order chi connectivity index (χ0) is 17.2. The molecule has 2 rings (SSSR count). The van der Waals surface area contributed by atoms with Crippen LogP contribution in [0.2, 0.25) is 0 Å². The van der Waals surface area contributed by atoms with Crippen molar-refractivity contribution in [1.82, 2.24) is 14.9 Å². The number of aryl methyl sites for hydroxylation is 2. The third-order valence-electron chi connectivity index (χ3n) is 3.75. The van der Waals surface area contributed by atoms with Gasteiger partial charge in [0.15, 0.2) is 5.54 Å². The highest BCUT2D eigenvalue weighted by atomic mass is 16.5. The predicted molar refractivity (Wildman–Crippen MR) is 82.1 cm³/mol. The molecule has 23 heavy (non-hydrogen) atoms. The van der Waals surface area contributed by atoms with E-state index >= 15 is 0 Å². The first kappa shape index (κ1) is 16.7. The fourth-order valence-electron chi connectivity index (χ4n) is 2.11. The van der Waals surface area contributed by atoms with E-state index in [1.54, 1.807) is 0 Å². The summed E-state index contributed by atoms with van der Waals surface area (Å²) in [4.78, 5) is 23.2. The first-order valence-electron chi connectivity index (χ1n) is 7.22. The molecule has 0 saturated carbocycles. The average Bonchev–Trinajstić information content (AvgIpc) is 3.05. The minimum atomic E-state index is -1.18. The molecule has 8 heteroatoms. The number of carboxylic acids is 1.